The van der Waals surface area contributed by atoms with Crippen molar-refractivity contribution in [3.8, 4) is 0 Å². The molecule has 3 aromatic carbocycles. The number of aromatic nitrogens is 2. The Hall–Kier alpha value is -2.41. The van der Waals surface area contributed by atoms with Crippen molar-refractivity contribution in [2.24, 2.45) is 0 Å². The van der Waals surface area contributed by atoms with E-state index in [0.717, 1.165) is 11.1 Å². The molecule has 1 aromatic heterocycles. The third-order valence-electron chi connectivity index (χ3n) is 5.29. The van der Waals surface area contributed by atoms with Gasteiger partial charge in [-0.2, -0.15) is 0 Å². The minimum Gasteiger partial charge on any atom is -1.00 e. The second kappa shape index (κ2) is 12.5. The third kappa shape index (κ3) is 7.53. The first-order valence-electron chi connectivity index (χ1n) is 10.5. The van der Waals surface area contributed by atoms with Crippen molar-refractivity contribution >= 4 is 40.6 Å². The molecule has 0 amide bonds. The Balaban J connectivity index is 0.00000342. The fraction of sp³-hybridized carbons (Fsp3) is 0.154. The van der Waals surface area contributed by atoms with Crippen LogP contribution in [0.25, 0.3) is 0 Å². The van der Waals surface area contributed by atoms with Crippen molar-refractivity contribution in [2.45, 2.75) is 25.8 Å². The van der Waals surface area contributed by atoms with Crippen LogP contribution < -0.4 is 17.0 Å². The van der Waals surface area contributed by atoms with E-state index in [-0.39, 0.29) is 36.7 Å². The maximum atomic E-state index is 13.1. The van der Waals surface area contributed by atoms with Gasteiger partial charge in [-0.25, -0.2) is 13.5 Å². The molecule has 1 heterocycles. The van der Waals surface area contributed by atoms with E-state index >= 15 is 0 Å². The predicted molar refractivity (Wildman–Crippen MR) is 131 cm³/mol. The molecule has 0 radical (unpaired) electrons. The van der Waals surface area contributed by atoms with Crippen LogP contribution in [0.1, 0.15) is 27.6 Å². The van der Waals surface area contributed by atoms with Crippen LogP contribution in [0.4, 0.5) is 4.39 Å². The van der Waals surface area contributed by atoms with Crippen LogP contribution in [-0.4, -0.2) is 10.4 Å². The molecule has 0 spiro atoms. The van der Waals surface area contributed by atoms with Gasteiger partial charge < -0.3 is 17.1 Å². The van der Waals surface area contributed by atoms with Crippen LogP contribution in [0.15, 0.2) is 85.5 Å². The molecule has 0 fully saturated rings. The van der Waals surface area contributed by atoms with Gasteiger partial charge in [-0.1, -0.05) is 53.0 Å². The smallest absolute Gasteiger partial charge is 0.244 e. The van der Waals surface area contributed by atoms with Gasteiger partial charge >= 0.3 is 0 Å². The molecule has 0 bridgehead atoms. The number of halogens is 5. The summed E-state index contributed by atoms with van der Waals surface area (Å²) >= 11 is 18.5. The van der Waals surface area contributed by atoms with Crippen molar-refractivity contribution in [3.63, 3.8) is 0 Å². The van der Waals surface area contributed by atoms with Crippen LogP contribution in [0.3, 0.4) is 0 Å². The zero-order chi connectivity index (χ0) is 24.1. The molecule has 4 aromatic rings. The van der Waals surface area contributed by atoms with E-state index in [1.807, 2.05) is 47.4 Å². The SMILES string of the molecule is O=C(C[n+]1ccn(CC(OCc2ccc(Cl)cc2)c2ccc(Cl)cc2Cl)c1)c1ccc(F)cc1.[Cl-]. The van der Waals surface area contributed by atoms with E-state index in [2.05, 4.69) is 0 Å². The fourth-order valence-electron chi connectivity index (χ4n) is 3.51. The number of carbonyl (C=O) groups excluding carboxylic acids is 1. The minimum atomic E-state index is -0.374. The Kier molecular flexibility index (Phi) is 9.72. The van der Waals surface area contributed by atoms with Crippen LogP contribution >= 0.6 is 34.8 Å². The van der Waals surface area contributed by atoms with Gasteiger partial charge in [0.2, 0.25) is 12.1 Å². The van der Waals surface area contributed by atoms with E-state index in [0.29, 0.717) is 33.8 Å². The second-order valence-electron chi connectivity index (χ2n) is 7.80. The highest BCUT2D eigenvalue weighted by atomic mass is 35.5. The number of Topliss-reactive ketones (excluding diaryl/α,β-unsaturated/α-hetero) is 1. The maximum absolute atomic E-state index is 13.1. The molecular formula is C26H21Cl4FN2O2. The van der Waals surface area contributed by atoms with Crippen molar-refractivity contribution in [1.82, 2.24) is 4.57 Å². The van der Waals surface area contributed by atoms with Gasteiger partial charge in [0.1, 0.15) is 30.9 Å². The van der Waals surface area contributed by atoms with Crippen molar-refractivity contribution < 1.29 is 30.9 Å². The van der Waals surface area contributed by atoms with Gasteiger partial charge in [0.15, 0.2) is 6.54 Å². The molecule has 0 N–H and O–H groups in total. The first kappa shape index (κ1) is 27.2. The quantitative estimate of drug-likeness (QED) is 0.234. The molecule has 1 atom stereocenters. The summed E-state index contributed by atoms with van der Waals surface area (Å²) in [5.74, 6) is -0.486. The molecule has 1 unspecified atom stereocenters. The number of benzene rings is 3. The second-order valence-corrected chi connectivity index (χ2v) is 9.08. The molecule has 0 aliphatic carbocycles. The molecular weight excluding hydrogens is 533 g/mol. The average molecular weight is 554 g/mol. The summed E-state index contributed by atoms with van der Waals surface area (Å²) in [4.78, 5) is 12.5. The highest BCUT2D eigenvalue weighted by molar-refractivity contribution is 6.35. The number of carbonyl (C=O) groups is 1. The standard InChI is InChI=1S/C26H21Cl3FN2O2.ClH/c27-20-5-1-18(2-6-20)16-34-26(23-10-7-21(28)13-24(23)29)15-32-12-11-31(17-32)14-25(33)19-3-8-22(30)9-4-19;/h1-13,17,26H,14-16H2;1H/q+1;/p-1. The summed E-state index contributed by atoms with van der Waals surface area (Å²) in [6, 6.07) is 18.3. The molecule has 9 heteroatoms. The van der Waals surface area contributed by atoms with Gasteiger partial charge in [-0.3, -0.25) is 4.79 Å². The van der Waals surface area contributed by atoms with Crippen LogP contribution in [-0.2, 0) is 24.4 Å². The van der Waals surface area contributed by atoms with E-state index in [4.69, 9.17) is 39.5 Å². The Morgan fingerprint density at radius 2 is 1.66 bits per heavy atom. The molecule has 4 nitrogen and oxygen atoms in total. The Labute approximate surface area is 224 Å². The number of nitrogens with zero attached hydrogens (tertiary/aromatic N) is 2. The van der Waals surface area contributed by atoms with E-state index in [1.165, 1.54) is 24.3 Å². The topological polar surface area (TPSA) is 35.1 Å². The molecule has 182 valence electrons. The van der Waals surface area contributed by atoms with Gasteiger partial charge in [-0.15, -0.1) is 0 Å². The fourth-order valence-corrected chi connectivity index (χ4v) is 4.16. The normalized spacial score (nSPS) is 11.7. The summed E-state index contributed by atoms with van der Waals surface area (Å²) in [6.45, 7) is 0.967. The first-order valence-corrected chi connectivity index (χ1v) is 11.7. The summed E-state index contributed by atoms with van der Waals surface area (Å²) in [5, 5.41) is 1.72. The summed E-state index contributed by atoms with van der Waals surface area (Å²) in [6.07, 6.45) is 5.12. The zero-order valence-corrected chi connectivity index (χ0v) is 21.4. The van der Waals surface area contributed by atoms with Gasteiger partial charge in [0.25, 0.3) is 0 Å². The predicted octanol–water partition coefficient (Wildman–Crippen LogP) is 3.72. The number of rotatable bonds is 9. The number of ether oxygens (including phenoxy) is 1. The lowest BCUT2D eigenvalue weighted by molar-refractivity contribution is -0.682. The highest BCUT2D eigenvalue weighted by Gasteiger charge is 2.21. The summed E-state index contributed by atoms with van der Waals surface area (Å²) in [5.41, 5.74) is 2.24. The first-order chi connectivity index (χ1) is 16.4. The number of hydrogen-bond donors (Lipinski definition) is 0. The van der Waals surface area contributed by atoms with Crippen molar-refractivity contribution in [2.75, 3.05) is 0 Å². The molecule has 0 aliphatic rings. The lowest BCUT2D eigenvalue weighted by Gasteiger charge is -2.18. The number of ketones is 1. The Morgan fingerprint density at radius 3 is 2.34 bits per heavy atom. The molecule has 4 rings (SSSR count). The monoisotopic (exact) mass is 552 g/mol. The number of imidazole rings is 1. The van der Waals surface area contributed by atoms with E-state index < -0.39 is 0 Å². The lowest BCUT2D eigenvalue weighted by atomic mass is 10.1. The zero-order valence-electron chi connectivity index (χ0n) is 18.4. The molecule has 35 heavy (non-hydrogen) atoms. The summed E-state index contributed by atoms with van der Waals surface area (Å²) < 4.78 is 23.1. The summed E-state index contributed by atoms with van der Waals surface area (Å²) in [7, 11) is 0. The number of hydrogen-bond acceptors (Lipinski definition) is 2. The molecule has 0 saturated carbocycles. The highest BCUT2D eigenvalue weighted by Crippen LogP contribution is 2.30. The maximum Gasteiger partial charge on any atom is 0.244 e. The molecule has 0 saturated heterocycles. The van der Waals surface area contributed by atoms with Gasteiger partial charge in [-0.05, 0) is 54.1 Å². The third-order valence-corrected chi connectivity index (χ3v) is 6.10. The van der Waals surface area contributed by atoms with Crippen LogP contribution in [0, 0.1) is 5.82 Å². The minimum absolute atomic E-state index is 0. The Bertz CT molecular complexity index is 1280. The lowest BCUT2D eigenvalue weighted by Crippen LogP contribution is -3.00. The van der Waals surface area contributed by atoms with Crippen LogP contribution in [0.2, 0.25) is 15.1 Å². The average Bonchev–Trinajstić information content (AvgIpc) is 3.25. The Morgan fingerprint density at radius 1 is 0.971 bits per heavy atom. The van der Waals surface area contributed by atoms with E-state index in [1.54, 1.807) is 22.9 Å². The van der Waals surface area contributed by atoms with Gasteiger partial charge in [0.05, 0.1) is 6.61 Å². The van der Waals surface area contributed by atoms with Crippen molar-refractivity contribution in [1.29, 1.82) is 0 Å². The van der Waals surface area contributed by atoms with Crippen LogP contribution in [0.5, 0.6) is 0 Å². The largest absolute Gasteiger partial charge is 1.00 e. The van der Waals surface area contributed by atoms with Crippen molar-refractivity contribution in [3.05, 3.63) is 123 Å². The van der Waals surface area contributed by atoms with E-state index in [9.17, 15) is 9.18 Å². The van der Waals surface area contributed by atoms with Gasteiger partial charge in [0, 0.05) is 26.2 Å². The molecule has 0 aliphatic heterocycles.